The Kier molecular flexibility index (Phi) is 6.96. The van der Waals surface area contributed by atoms with Crippen molar-refractivity contribution >= 4 is 56.1 Å². The summed E-state index contributed by atoms with van der Waals surface area (Å²) in [5, 5.41) is 4.91. The van der Waals surface area contributed by atoms with Gasteiger partial charge in [0.1, 0.15) is 33.1 Å². The predicted octanol–water partition coefficient (Wildman–Crippen LogP) is 6.79. The molecule has 0 saturated heterocycles. The van der Waals surface area contributed by atoms with Crippen LogP contribution in [0, 0.1) is 0 Å². The van der Waals surface area contributed by atoms with E-state index >= 15 is 0 Å². The van der Waals surface area contributed by atoms with Crippen molar-refractivity contribution in [3.8, 4) is 0 Å². The van der Waals surface area contributed by atoms with E-state index in [2.05, 4.69) is 43.1 Å². The number of hydrogen-bond acceptors (Lipinski definition) is 8. The van der Waals surface area contributed by atoms with Crippen molar-refractivity contribution in [2.45, 2.75) is 71.9 Å². The minimum absolute atomic E-state index is 0.741. The van der Waals surface area contributed by atoms with Crippen LogP contribution in [0.4, 0.5) is 0 Å². The summed E-state index contributed by atoms with van der Waals surface area (Å²) in [6.07, 6.45) is 14.1. The maximum atomic E-state index is 4.42. The Morgan fingerprint density at radius 2 is 1.35 bits per heavy atom. The van der Waals surface area contributed by atoms with E-state index in [9.17, 15) is 0 Å². The highest BCUT2D eigenvalue weighted by Gasteiger charge is 2.19. The van der Waals surface area contributed by atoms with Crippen molar-refractivity contribution in [1.29, 1.82) is 0 Å². The van der Waals surface area contributed by atoms with Crippen LogP contribution >= 0.6 is 34.9 Å². The summed E-state index contributed by atoms with van der Waals surface area (Å²) in [6.45, 7) is 0. The third-order valence-electron chi connectivity index (χ3n) is 5.77. The summed E-state index contributed by atoms with van der Waals surface area (Å²) in [6, 6.07) is 8.26. The van der Waals surface area contributed by atoms with Crippen molar-refractivity contribution in [2.75, 3.05) is 0 Å². The molecule has 4 aromatic rings. The standard InChI is InChI=1S/C13H14N2S.C10H11N3S2/c1-2-6-10(5-1)16-13-11-7-3-4-8-12(11)14-9-15-13;1-2-4-7(3-1)15-10-8-9(11-5-12-10)14-6-13-8/h3-4,7-10H,1-2,5-6H2;5-7H,1-4H2. The first-order valence-corrected chi connectivity index (χ1v) is 13.6. The molecule has 5 nitrogen and oxygen atoms in total. The molecule has 3 heterocycles. The number of hydrogen-bond donors (Lipinski definition) is 0. The highest BCUT2D eigenvalue weighted by atomic mass is 32.2. The van der Waals surface area contributed by atoms with Gasteiger partial charge in [0.05, 0.1) is 11.0 Å². The van der Waals surface area contributed by atoms with Gasteiger partial charge < -0.3 is 0 Å². The Bertz CT molecular complexity index is 1130. The van der Waals surface area contributed by atoms with E-state index in [0.717, 1.165) is 36.4 Å². The van der Waals surface area contributed by atoms with Gasteiger partial charge in [0, 0.05) is 15.9 Å². The molecular formula is C23H25N5S3. The molecule has 1 aromatic carbocycles. The topological polar surface area (TPSA) is 64.5 Å². The molecule has 2 aliphatic rings. The number of aromatic nitrogens is 5. The van der Waals surface area contributed by atoms with Crippen LogP contribution in [-0.2, 0) is 0 Å². The first kappa shape index (κ1) is 21.1. The smallest absolute Gasteiger partial charge is 0.147 e. The molecule has 0 atom stereocenters. The normalized spacial score (nSPS) is 17.3. The Labute approximate surface area is 194 Å². The molecule has 31 heavy (non-hydrogen) atoms. The third-order valence-corrected chi connectivity index (χ3v) is 9.18. The molecule has 2 fully saturated rings. The molecule has 3 aromatic heterocycles. The van der Waals surface area contributed by atoms with Crippen molar-refractivity contribution in [3.63, 3.8) is 0 Å². The highest BCUT2D eigenvalue weighted by molar-refractivity contribution is 8.00. The number of thioether (sulfide) groups is 2. The van der Waals surface area contributed by atoms with Gasteiger partial charge in [-0.1, -0.05) is 43.9 Å². The van der Waals surface area contributed by atoms with Crippen LogP contribution in [0.5, 0.6) is 0 Å². The average molecular weight is 468 g/mol. The van der Waals surface area contributed by atoms with Gasteiger partial charge in [-0.05, 0) is 31.7 Å². The van der Waals surface area contributed by atoms with Crippen molar-refractivity contribution in [2.24, 2.45) is 0 Å². The van der Waals surface area contributed by atoms with Crippen LogP contribution in [0.2, 0.25) is 0 Å². The maximum absolute atomic E-state index is 4.42. The maximum Gasteiger partial charge on any atom is 0.147 e. The van der Waals surface area contributed by atoms with Gasteiger partial charge in [-0.25, -0.2) is 24.9 Å². The van der Waals surface area contributed by atoms with E-state index in [-0.39, 0.29) is 0 Å². The number of fused-ring (bicyclic) bond motifs is 2. The second-order valence-corrected chi connectivity index (χ2v) is 11.3. The predicted molar refractivity (Wildman–Crippen MR) is 131 cm³/mol. The molecule has 0 unspecified atom stereocenters. The zero-order chi connectivity index (χ0) is 20.9. The fourth-order valence-corrected chi connectivity index (χ4v) is 7.40. The summed E-state index contributed by atoms with van der Waals surface area (Å²) >= 11 is 5.39. The minimum atomic E-state index is 0.741. The van der Waals surface area contributed by atoms with E-state index in [0.29, 0.717) is 0 Å². The Morgan fingerprint density at radius 3 is 2.13 bits per heavy atom. The molecule has 0 spiro atoms. The average Bonchev–Trinajstić information content (AvgIpc) is 3.58. The first-order valence-electron chi connectivity index (χ1n) is 10.9. The number of benzene rings is 1. The Morgan fingerprint density at radius 1 is 0.710 bits per heavy atom. The number of rotatable bonds is 4. The van der Waals surface area contributed by atoms with E-state index < -0.39 is 0 Å². The van der Waals surface area contributed by atoms with Gasteiger partial charge in [0.15, 0.2) is 0 Å². The van der Waals surface area contributed by atoms with Gasteiger partial charge in [0.2, 0.25) is 0 Å². The second-order valence-electron chi connectivity index (χ2n) is 7.93. The lowest BCUT2D eigenvalue weighted by molar-refractivity contribution is 0.886. The summed E-state index contributed by atoms with van der Waals surface area (Å²) in [4.78, 5) is 22.6. The lowest BCUT2D eigenvalue weighted by Crippen LogP contribution is -1.96. The van der Waals surface area contributed by atoms with Crippen LogP contribution in [0.25, 0.3) is 21.3 Å². The highest BCUT2D eigenvalue weighted by Crippen LogP contribution is 2.37. The first-order chi connectivity index (χ1) is 15.4. The van der Waals surface area contributed by atoms with Crippen LogP contribution in [-0.4, -0.2) is 35.4 Å². The summed E-state index contributed by atoms with van der Waals surface area (Å²) in [5.41, 5.74) is 3.88. The largest absolute Gasteiger partial charge is 0.240 e. The molecule has 0 amide bonds. The number of thiazole rings is 1. The van der Waals surface area contributed by atoms with E-state index in [1.165, 1.54) is 56.8 Å². The Hall–Kier alpha value is -1.77. The molecule has 0 aliphatic heterocycles. The molecule has 0 N–H and O–H groups in total. The fourth-order valence-electron chi connectivity index (χ4n) is 4.16. The van der Waals surface area contributed by atoms with Crippen molar-refractivity contribution < 1.29 is 0 Å². The molecule has 8 heteroatoms. The molecule has 2 aliphatic carbocycles. The monoisotopic (exact) mass is 467 g/mol. The van der Waals surface area contributed by atoms with Crippen LogP contribution in [0.1, 0.15) is 51.4 Å². The molecule has 2 saturated carbocycles. The van der Waals surface area contributed by atoms with E-state index in [1.54, 1.807) is 24.0 Å². The fraction of sp³-hybridized carbons (Fsp3) is 0.435. The Balaban J connectivity index is 0.000000132. The van der Waals surface area contributed by atoms with Crippen LogP contribution in [0.3, 0.4) is 0 Å². The summed E-state index contributed by atoms with van der Waals surface area (Å²) in [5.74, 6) is 0. The van der Waals surface area contributed by atoms with E-state index in [1.807, 2.05) is 35.1 Å². The lowest BCUT2D eigenvalue weighted by atomic mass is 10.2. The molecular weight excluding hydrogens is 442 g/mol. The van der Waals surface area contributed by atoms with Gasteiger partial charge in [-0.2, -0.15) is 0 Å². The zero-order valence-electron chi connectivity index (χ0n) is 17.3. The van der Waals surface area contributed by atoms with Crippen molar-refractivity contribution in [1.82, 2.24) is 24.9 Å². The molecule has 0 bridgehead atoms. The van der Waals surface area contributed by atoms with E-state index in [4.69, 9.17) is 0 Å². The summed E-state index contributed by atoms with van der Waals surface area (Å²) in [7, 11) is 0. The van der Waals surface area contributed by atoms with Crippen molar-refractivity contribution in [3.05, 3.63) is 42.4 Å². The second kappa shape index (κ2) is 10.2. The lowest BCUT2D eigenvalue weighted by Gasteiger charge is -2.09. The molecule has 6 rings (SSSR count). The third kappa shape index (κ3) is 5.18. The van der Waals surface area contributed by atoms with Gasteiger partial charge in [0.25, 0.3) is 0 Å². The molecule has 160 valence electrons. The van der Waals surface area contributed by atoms with Crippen LogP contribution < -0.4 is 0 Å². The van der Waals surface area contributed by atoms with Gasteiger partial charge in [-0.15, -0.1) is 34.9 Å². The van der Waals surface area contributed by atoms with Gasteiger partial charge >= 0.3 is 0 Å². The minimum Gasteiger partial charge on any atom is -0.240 e. The SMILES string of the molecule is c1ccc2c(SC3CCCC3)ncnc2c1.c1nc(SC2CCCC2)c2ncsc2n1. The number of para-hydroxylation sites is 1. The zero-order valence-corrected chi connectivity index (χ0v) is 19.8. The van der Waals surface area contributed by atoms with Crippen LogP contribution in [0.15, 0.2) is 52.5 Å². The summed E-state index contributed by atoms with van der Waals surface area (Å²) < 4.78 is 0. The quantitative estimate of drug-likeness (QED) is 0.306. The van der Waals surface area contributed by atoms with Gasteiger partial charge in [-0.3, -0.25) is 0 Å². The number of nitrogens with zero attached hydrogens (tertiary/aromatic N) is 5. The molecule has 0 radical (unpaired) electrons.